The first-order valence-electron chi connectivity index (χ1n) is 5.09. The van der Waals surface area contributed by atoms with Crippen molar-refractivity contribution in [3.63, 3.8) is 0 Å². The van der Waals surface area contributed by atoms with E-state index in [0.717, 1.165) is 23.6 Å². The Bertz CT molecular complexity index is 500. The average Bonchev–Trinajstić information content (AvgIpc) is 2.66. The normalized spacial score (nSPS) is 14.6. The van der Waals surface area contributed by atoms with Crippen LogP contribution in [0.5, 0.6) is 5.75 Å². The third kappa shape index (κ3) is 0.955. The van der Waals surface area contributed by atoms with Gasteiger partial charge in [-0.25, -0.2) is 0 Å². The SMILES string of the molecule is Oc1c2c(cc3ccccc13)CCC2. The molecule has 0 unspecified atom stereocenters. The molecule has 0 amide bonds. The smallest absolute Gasteiger partial charge is 0.126 e. The zero-order valence-electron chi connectivity index (χ0n) is 7.96. The molecule has 1 N–H and O–H groups in total. The lowest BCUT2D eigenvalue weighted by molar-refractivity contribution is 0.475. The second kappa shape index (κ2) is 2.74. The van der Waals surface area contributed by atoms with E-state index < -0.39 is 0 Å². The number of phenolic OH excluding ortho intramolecular Hbond substituents is 1. The summed E-state index contributed by atoms with van der Waals surface area (Å²) in [5.74, 6) is 0.510. The van der Waals surface area contributed by atoms with Crippen LogP contribution in [0.3, 0.4) is 0 Å². The summed E-state index contributed by atoms with van der Waals surface area (Å²) in [4.78, 5) is 0. The van der Waals surface area contributed by atoms with Crippen molar-refractivity contribution in [1.29, 1.82) is 0 Å². The first-order chi connectivity index (χ1) is 6.86. The largest absolute Gasteiger partial charge is 0.507 e. The topological polar surface area (TPSA) is 20.2 Å². The van der Waals surface area contributed by atoms with Gasteiger partial charge in [0.25, 0.3) is 0 Å². The second-order valence-corrected chi connectivity index (χ2v) is 3.94. The van der Waals surface area contributed by atoms with E-state index in [1.165, 1.54) is 17.5 Å². The highest BCUT2D eigenvalue weighted by atomic mass is 16.3. The molecule has 1 aliphatic rings. The maximum absolute atomic E-state index is 10.1. The summed E-state index contributed by atoms with van der Waals surface area (Å²) in [7, 11) is 0. The molecule has 1 aliphatic carbocycles. The summed E-state index contributed by atoms with van der Waals surface area (Å²) in [5, 5.41) is 12.2. The number of benzene rings is 2. The molecule has 1 nitrogen and oxygen atoms in total. The summed E-state index contributed by atoms with van der Waals surface area (Å²) in [6.07, 6.45) is 3.33. The molecule has 0 aliphatic heterocycles. The molecule has 0 radical (unpaired) electrons. The Morgan fingerprint density at radius 1 is 1.07 bits per heavy atom. The highest BCUT2D eigenvalue weighted by molar-refractivity contribution is 5.90. The lowest BCUT2D eigenvalue weighted by Crippen LogP contribution is -1.85. The molecule has 0 bridgehead atoms. The van der Waals surface area contributed by atoms with Crippen molar-refractivity contribution in [2.75, 3.05) is 0 Å². The predicted octanol–water partition coefficient (Wildman–Crippen LogP) is 3.03. The fraction of sp³-hybridized carbons (Fsp3) is 0.231. The fourth-order valence-corrected chi connectivity index (χ4v) is 2.39. The van der Waals surface area contributed by atoms with Crippen LogP contribution in [0.4, 0.5) is 0 Å². The van der Waals surface area contributed by atoms with E-state index in [4.69, 9.17) is 0 Å². The summed E-state index contributed by atoms with van der Waals surface area (Å²) < 4.78 is 0. The van der Waals surface area contributed by atoms with Crippen LogP contribution in [0.2, 0.25) is 0 Å². The monoisotopic (exact) mass is 184 g/mol. The van der Waals surface area contributed by atoms with Crippen LogP contribution >= 0.6 is 0 Å². The van der Waals surface area contributed by atoms with E-state index in [1.54, 1.807) is 0 Å². The van der Waals surface area contributed by atoms with Gasteiger partial charge in [-0.05, 0) is 35.8 Å². The lowest BCUT2D eigenvalue weighted by Gasteiger charge is -2.06. The van der Waals surface area contributed by atoms with Crippen molar-refractivity contribution in [3.8, 4) is 5.75 Å². The van der Waals surface area contributed by atoms with Crippen LogP contribution in [-0.2, 0) is 12.8 Å². The predicted molar refractivity (Wildman–Crippen MR) is 57.6 cm³/mol. The molecule has 0 saturated carbocycles. The molecular weight excluding hydrogens is 172 g/mol. The Morgan fingerprint density at radius 2 is 1.93 bits per heavy atom. The van der Waals surface area contributed by atoms with E-state index in [0.29, 0.717) is 5.75 Å². The highest BCUT2D eigenvalue weighted by Crippen LogP contribution is 2.36. The average molecular weight is 184 g/mol. The van der Waals surface area contributed by atoms with Gasteiger partial charge in [0.1, 0.15) is 5.75 Å². The minimum atomic E-state index is 0.510. The van der Waals surface area contributed by atoms with E-state index in [1.807, 2.05) is 18.2 Å². The first-order valence-corrected chi connectivity index (χ1v) is 5.09. The molecular formula is C13H12O. The van der Waals surface area contributed by atoms with E-state index in [9.17, 15) is 5.11 Å². The maximum Gasteiger partial charge on any atom is 0.126 e. The molecule has 14 heavy (non-hydrogen) atoms. The third-order valence-corrected chi connectivity index (χ3v) is 3.09. The molecule has 2 aromatic carbocycles. The van der Waals surface area contributed by atoms with Crippen LogP contribution in [0.25, 0.3) is 10.8 Å². The second-order valence-electron chi connectivity index (χ2n) is 3.94. The van der Waals surface area contributed by atoms with Gasteiger partial charge in [-0.2, -0.15) is 0 Å². The van der Waals surface area contributed by atoms with Crippen LogP contribution in [0, 0.1) is 0 Å². The Kier molecular flexibility index (Phi) is 1.54. The van der Waals surface area contributed by atoms with Crippen LogP contribution in [0.1, 0.15) is 17.5 Å². The quantitative estimate of drug-likeness (QED) is 0.667. The van der Waals surface area contributed by atoms with Gasteiger partial charge in [0.15, 0.2) is 0 Å². The molecule has 0 spiro atoms. The molecule has 0 fully saturated rings. The van der Waals surface area contributed by atoms with Crippen molar-refractivity contribution >= 4 is 10.8 Å². The summed E-state index contributed by atoms with van der Waals surface area (Å²) in [5.41, 5.74) is 2.50. The summed E-state index contributed by atoms with van der Waals surface area (Å²) in [6, 6.07) is 10.3. The van der Waals surface area contributed by atoms with E-state index >= 15 is 0 Å². The third-order valence-electron chi connectivity index (χ3n) is 3.09. The molecule has 0 aromatic heterocycles. The van der Waals surface area contributed by atoms with Crippen LogP contribution in [0.15, 0.2) is 30.3 Å². The van der Waals surface area contributed by atoms with Crippen molar-refractivity contribution in [3.05, 3.63) is 41.5 Å². The number of aromatic hydroxyl groups is 1. The van der Waals surface area contributed by atoms with Crippen molar-refractivity contribution in [2.24, 2.45) is 0 Å². The molecule has 3 rings (SSSR count). The number of phenols is 1. The fourth-order valence-electron chi connectivity index (χ4n) is 2.39. The Balaban J connectivity index is 2.44. The van der Waals surface area contributed by atoms with Crippen molar-refractivity contribution < 1.29 is 5.11 Å². The zero-order chi connectivity index (χ0) is 9.54. The van der Waals surface area contributed by atoms with Gasteiger partial charge in [0, 0.05) is 5.39 Å². The number of rotatable bonds is 0. The Hall–Kier alpha value is -1.50. The van der Waals surface area contributed by atoms with Gasteiger partial charge in [0.2, 0.25) is 0 Å². The van der Waals surface area contributed by atoms with Crippen LogP contribution < -0.4 is 0 Å². The van der Waals surface area contributed by atoms with Gasteiger partial charge in [-0.15, -0.1) is 0 Å². The number of aryl methyl sites for hydroxylation is 1. The molecule has 0 saturated heterocycles. The Labute approximate surface area is 83.0 Å². The number of hydrogen-bond donors (Lipinski definition) is 1. The van der Waals surface area contributed by atoms with Crippen LogP contribution in [-0.4, -0.2) is 5.11 Å². The van der Waals surface area contributed by atoms with Crippen molar-refractivity contribution in [1.82, 2.24) is 0 Å². The summed E-state index contributed by atoms with van der Waals surface area (Å²) in [6.45, 7) is 0. The van der Waals surface area contributed by atoms with Gasteiger partial charge in [0.05, 0.1) is 0 Å². The van der Waals surface area contributed by atoms with Gasteiger partial charge < -0.3 is 5.11 Å². The van der Waals surface area contributed by atoms with Crippen molar-refractivity contribution in [2.45, 2.75) is 19.3 Å². The highest BCUT2D eigenvalue weighted by Gasteiger charge is 2.16. The first kappa shape index (κ1) is 7.86. The lowest BCUT2D eigenvalue weighted by atomic mass is 10.0. The molecule has 0 atom stereocenters. The summed E-state index contributed by atoms with van der Waals surface area (Å²) >= 11 is 0. The number of hydrogen-bond acceptors (Lipinski definition) is 1. The molecule has 70 valence electrons. The standard InChI is InChI=1S/C13H12O/c14-13-11-6-2-1-4-9(11)8-10-5-3-7-12(10)13/h1-2,4,6,8,14H,3,5,7H2. The van der Waals surface area contributed by atoms with Gasteiger partial charge >= 0.3 is 0 Å². The minimum Gasteiger partial charge on any atom is -0.507 e. The van der Waals surface area contributed by atoms with E-state index in [-0.39, 0.29) is 0 Å². The zero-order valence-corrected chi connectivity index (χ0v) is 7.96. The van der Waals surface area contributed by atoms with E-state index in [2.05, 4.69) is 12.1 Å². The molecule has 1 heteroatoms. The molecule has 0 heterocycles. The van der Waals surface area contributed by atoms with Gasteiger partial charge in [-0.3, -0.25) is 0 Å². The number of fused-ring (bicyclic) bond motifs is 2. The molecule has 2 aromatic rings. The Morgan fingerprint density at radius 3 is 2.86 bits per heavy atom. The minimum absolute atomic E-state index is 0.510. The maximum atomic E-state index is 10.1. The van der Waals surface area contributed by atoms with Gasteiger partial charge in [-0.1, -0.05) is 30.3 Å².